The van der Waals surface area contributed by atoms with Crippen LogP contribution in [0.5, 0.6) is 0 Å². The van der Waals surface area contributed by atoms with Crippen LogP contribution in [0.4, 0.5) is 11.6 Å². The number of nitrogens with two attached hydrogens (primary N) is 2. The molecule has 0 unspecified atom stereocenters. The summed E-state index contributed by atoms with van der Waals surface area (Å²) in [5, 5.41) is 13.9. The Bertz CT molecular complexity index is 1560. The van der Waals surface area contributed by atoms with Gasteiger partial charge in [-0.15, -0.1) is 17.5 Å². The lowest BCUT2D eigenvalue weighted by Crippen LogP contribution is -2.50. The minimum atomic E-state index is -0.922. The summed E-state index contributed by atoms with van der Waals surface area (Å²) >= 11 is 0. The van der Waals surface area contributed by atoms with E-state index in [9.17, 15) is 9.59 Å². The minimum Gasteiger partial charge on any atom is -0.378 e. The van der Waals surface area contributed by atoms with Crippen molar-refractivity contribution in [3.05, 3.63) is 66.5 Å². The van der Waals surface area contributed by atoms with E-state index in [1.165, 1.54) is 4.90 Å². The molecule has 1 saturated heterocycles. The van der Waals surface area contributed by atoms with Gasteiger partial charge in [0.2, 0.25) is 11.9 Å². The zero-order valence-electron chi connectivity index (χ0n) is 25.5. The van der Waals surface area contributed by atoms with E-state index < -0.39 is 11.9 Å². The third kappa shape index (κ3) is 7.56. The zero-order valence-corrected chi connectivity index (χ0v) is 26.3. The summed E-state index contributed by atoms with van der Waals surface area (Å²) < 4.78 is 5.41. The van der Waals surface area contributed by atoms with Crippen molar-refractivity contribution >= 4 is 35.9 Å². The van der Waals surface area contributed by atoms with Crippen molar-refractivity contribution < 1.29 is 14.3 Å². The number of benzene rings is 2. The van der Waals surface area contributed by atoms with Crippen molar-refractivity contribution in [2.24, 2.45) is 23.3 Å². The first-order chi connectivity index (χ1) is 22.0. The van der Waals surface area contributed by atoms with Gasteiger partial charge in [-0.25, -0.2) is 20.0 Å². The number of hydrogen-bond donors (Lipinski definition) is 3. The fourth-order valence-corrected chi connectivity index (χ4v) is 5.98. The molecule has 242 valence electrons. The van der Waals surface area contributed by atoms with E-state index in [0.29, 0.717) is 56.0 Å². The lowest BCUT2D eigenvalue weighted by Gasteiger charge is -2.32. The fourth-order valence-electron chi connectivity index (χ4n) is 5.98. The molecule has 2 aliphatic rings. The number of hydrogen-bond acceptors (Lipinski definition) is 11. The number of nitrogens with one attached hydrogen (secondary N) is 1. The zero-order chi connectivity index (χ0) is 31.2. The third-order valence-electron chi connectivity index (χ3n) is 8.71. The van der Waals surface area contributed by atoms with Crippen LogP contribution in [0.2, 0.25) is 0 Å². The molecular weight excluding hydrogens is 608 g/mol. The maximum atomic E-state index is 13.9. The van der Waals surface area contributed by atoms with Crippen LogP contribution in [-0.2, 0) is 20.7 Å². The van der Waals surface area contributed by atoms with Crippen molar-refractivity contribution in [2.45, 2.75) is 38.1 Å². The monoisotopic (exact) mass is 646 g/mol. The van der Waals surface area contributed by atoms with E-state index in [-0.39, 0.29) is 30.7 Å². The van der Waals surface area contributed by atoms with Crippen LogP contribution in [0, 0.1) is 11.8 Å². The molecule has 0 radical (unpaired) electrons. The maximum absolute atomic E-state index is 13.9. The Morgan fingerprint density at radius 1 is 0.935 bits per heavy atom. The summed E-state index contributed by atoms with van der Waals surface area (Å²) in [6, 6.07) is 13.9. The predicted octanol–water partition coefficient (Wildman–Crippen LogP) is 2.78. The molecule has 1 saturated carbocycles. The van der Waals surface area contributed by atoms with Crippen LogP contribution in [0.1, 0.15) is 31.2 Å². The first-order valence-corrected chi connectivity index (χ1v) is 15.4. The summed E-state index contributed by atoms with van der Waals surface area (Å²) in [4.78, 5) is 40.3. The van der Waals surface area contributed by atoms with Gasteiger partial charge in [-0.2, -0.15) is 0 Å². The molecule has 0 bridgehead atoms. The molecule has 0 spiro atoms. The average molecular weight is 647 g/mol. The van der Waals surface area contributed by atoms with Gasteiger partial charge in [-0.3, -0.25) is 9.59 Å². The minimum absolute atomic E-state index is 0. The number of H-pyrrole nitrogens is 1. The quantitative estimate of drug-likeness (QED) is 0.243. The number of nitrogens with zero attached hydrogens (tertiary/aromatic N) is 7. The molecule has 1 aliphatic carbocycles. The Hall–Kier alpha value is -4.30. The summed E-state index contributed by atoms with van der Waals surface area (Å²) in [7, 11) is 0. The molecule has 2 aromatic carbocycles. The molecule has 1 atom stereocenters. The van der Waals surface area contributed by atoms with Gasteiger partial charge in [-0.1, -0.05) is 24.3 Å². The number of tetrazole rings is 1. The van der Waals surface area contributed by atoms with Crippen LogP contribution >= 0.6 is 12.4 Å². The van der Waals surface area contributed by atoms with Gasteiger partial charge in [0.1, 0.15) is 0 Å². The fraction of sp³-hybridized carbons (Fsp3) is 0.406. The maximum Gasteiger partial charge on any atom is 0.251 e. The Morgan fingerprint density at radius 3 is 2.20 bits per heavy atom. The molecular formula is C32H39ClN10O3. The molecule has 2 fully saturated rings. The van der Waals surface area contributed by atoms with Gasteiger partial charge in [0, 0.05) is 42.5 Å². The summed E-state index contributed by atoms with van der Waals surface area (Å²) in [6.07, 6.45) is 7.03. The van der Waals surface area contributed by atoms with Crippen molar-refractivity contribution in [3.8, 4) is 22.5 Å². The Labute approximate surface area is 273 Å². The van der Waals surface area contributed by atoms with E-state index in [4.69, 9.17) is 16.2 Å². The highest BCUT2D eigenvalue weighted by Crippen LogP contribution is 2.32. The Kier molecular flexibility index (Phi) is 11.0. The van der Waals surface area contributed by atoms with Crippen LogP contribution in [0.3, 0.4) is 0 Å². The molecule has 2 aromatic heterocycles. The van der Waals surface area contributed by atoms with Crippen molar-refractivity contribution in [3.63, 3.8) is 0 Å². The number of ether oxygens (including phenoxy) is 1. The number of imide groups is 1. The van der Waals surface area contributed by atoms with Crippen LogP contribution < -0.4 is 21.3 Å². The van der Waals surface area contributed by atoms with Crippen molar-refractivity contribution in [1.82, 2.24) is 30.6 Å². The Morgan fingerprint density at radius 2 is 1.59 bits per heavy atom. The number of morpholine rings is 1. The lowest BCUT2D eigenvalue weighted by molar-refractivity contribution is -0.130. The number of carbonyl (C=O) groups excluding carboxylic acids is 2. The first kappa shape index (κ1) is 33.1. The molecule has 13 nitrogen and oxygen atoms in total. The highest BCUT2D eigenvalue weighted by molar-refractivity contribution is 6.17. The topological polar surface area (TPSA) is 182 Å². The number of aromatic nitrogens is 6. The largest absolute Gasteiger partial charge is 0.378 e. The van der Waals surface area contributed by atoms with Gasteiger partial charge >= 0.3 is 0 Å². The number of halogens is 1. The smallest absolute Gasteiger partial charge is 0.251 e. The van der Waals surface area contributed by atoms with E-state index in [0.717, 1.165) is 48.2 Å². The number of rotatable bonds is 9. The molecule has 3 heterocycles. The highest BCUT2D eigenvalue weighted by Gasteiger charge is 2.35. The summed E-state index contributed by atoms with van der Waals surface area (Å²) in [6.45, 7) is 3.51. The van der Waals surface area contributed by atoms with E-state index >= 15 is 0 Å². The molecule has 14 heteroatoms. The Balaban J connectivity index is 0.00000417. The van der Waals surface area contributed by atoms with Gasteiger partial charge in [0.25, 0.3) is 5.91 Å². The van der Waals surface area contributed by atoms with Crippen molar-refractivity contribution in [2.75, 3.05) is 42.6 Å². The van der Waals surface area contributed by atoms with E-state index in [1.54, 1.807) is 24.3 Å². The summed E-state index contributed by atoms with van der Waals surface area (Å²) in [5.41, 5.74) is 16.3. The normalized spacial score (nSPS) is 18.8. The van der Waals surface area contributed by atoms with Crippen LogP contribution in [0.15, 0.2) is 60.9 Å². The standard InChI is InChI=1S/C32H38N10O3.ClH/c33-18-22-3-7-25(8-4-22)30(43)42(27-11-9-24(10-12-27)29-37-39-40-38-29)31(44)28(34)17-21-1-5-23(6-2-21)26-19-35-32(36-20-26)41-13-15-45-16-14-41;/h1-2,5-6,9-12,19-20,22,25,28H,3-4,7-8,13-18,33-34H2,(H,37,38,39,40);1H/t22-,25-,28-;/m0./s1. The summed E-state index contributed by atoms with van der Waals surface area (Å²) in [5.74, 6) is 0.665. The van der Waals surface area contributed by atoms with Gasteiger partial charge < -0.3 is 21.1 Å². The van der Waals surface area contributed by atoms with Gasteiger partial charge in [0.05, 0.1) is 24.9 Å². The first-order valence-electron chi connectivity index (χ1n) is 15.4. The molecule has 6 rings (SSSR count). The molecule has 1 aliphatic heterocycles. The predicted molar refractivity (Wildman–Crippen MR) is 176 cm³/mol. The molecule has 5 N–H and O–H groups in total. The molecule has 46 heavy (non-hydrogen) atoms. The average Bonchev–Trinajstić information content (AvgIpc) is 3.65. The highest BCUT2D eigenvalue weighted by atomic mass is 35.5. The second kappa shape index (κ2) is 15.3. The number of aromatic amines is 1. The van der Waals surface area contributed by atoms with Crippen LogP contribution in [0.25, 0.3) is 22.5 Å². The SMILES string of the molecule is Cl.NC[C@H]1CC[C@H](C(=O)N(C(=O)[C@@H](N)Cc2ccc(-c3cnc(N4CCOCC4)nc3)cc2)c2ccc(-c3nnn[nH]3)cc2)CC1. The third-order valence-corrected chi connectivity index (χ3v) is 8.71. The number of anilines is 2. The number of amides is 2. The lowest BCUT2D eigenvalue weighted by atomic mass is 9.81. The van der Waals surface area contributed by atoms with E-state index in [2.05, 4.69) is 35.5 Å². The van der Waals surface area contributed by atoms with E-state index in [1.807, 2.05) is 36.7 Å². The van der Waals surface area contributed by atoms with Crippen LogP contribution in [-0.4, -0.2) is 81.3 Å². The number of carbonyl (C=O) groups is 2. The van der Waals surface area contributed by atoms with Crippen molar-refractivity contribution in [1.29, 1.82) is 0 Å². The van der Waals surface area contributed by atoms with Gasteiger partial charge in [0.15, 0.2) is 5.82 Å². The van der Waals surface area contributed by atoms with Gasteiger partial charge in [-0.05, 0) is 90.4 Å². The second-order valence-corrected chi connectivity index (χ2v) is 11.6. The molecule has 2 amide bonds. The second-order valence-electron chi connectivity index (χ2n) is 11.6. The molecule has 4 aromatic rings.